The third-order valence-electron chi connectivity index (χ3n) is 12.0. The van der Waals surface area contributed by atoms with Crippen molar-refractivity contribution in [2.24, 2.45) is 0 Å². The maximum Gasteiger partial charge on any atom is 0.506 e. The molecule has 3 N–H and O–H groups in total. The van der Waals surface area contributed by atoms with E-state index >= 15 is 0 Å². The minimum Gasteiger partial charge on any atom is -0.450 e. The van der Waals surface area contributed by atoms with Crippen molar-refractivity contribution in [1.29, 1.82) is 0 Å². The van der Waals surface area contributed by atoms with Crippen LogP contribution in [0.4, 0.5) is 9.59 Å². The molecule has 64 heavy (non-hydrogen) atoms. The van der Waals surface area contributed by atoms with E-state index in [1.807, 2.05) is 50.2 Å². The lowest BCUT2D eigenvalue weighted by Crippen LogP contribution is -2.38. The second kappa shape index (κ2) is 19.0. The van der Waals surface area contributed by atoms with E-state index in [4.69, 9.17) is 24.3 Å². The molecule has 2 amide bonds. The van der Waals surface area contributed by atoms with Gasteiger partial charge in [-0.2, -0.15) is 0 Å². The van der Waals surface area contributed by atoms with Gasteiger partial charge in [-0.25, -0.2) is 14.6 Å². The molecule has 1 aliphatic carbocycles. The Bertz CT molecular complexity index is 2930. The summed E-state index contributed by atoms with van der Waals surface area (Å²) in [7, 11) is 0. The largest absolute Gasteiger partial charge is 0.506 e. The van der Waals surface area contributed by atoms with Crippen molar-refractivity contribution in [3.8, 4) is 33.6 Å². The Morgan fingerprint density at radius 3 is 2.22 bits per heavy atom. The molecule has 0 atom stereocenters. The minimum absolute atomic E-state index is 0.0113. The number of benzene rings is 5. The molecule has 0 fully saturated rings. The van der Waals surface area contributed by atoms with E-state index in [1.54, 1.807) is 11.5 Å². The van der Waals surface area contributed by atoms with Crippen molar-refractivity contribution in [3.63, 3.8) is 0 Å². The zero-order valence-electron chi connectivity index (χ0n) is 36.3. The number of alkyl carbamates (subject to hydrolysis) is 1. The van der Waals surface area contributed by atoms with Gasteiger partial charge in [-0.3, -0.25) is 9.59 Å². The normalized spacial score (nSPS) is 12.1. The summed E-state index contributed by atoms with van der Waals surface area (Å²) >= 11 is 0. The first-order chi connectivity index (χ1) is 31.2. The lowest BCUT2D eigenvalue weighted by molar-refractivity contribution is -0.121. The quantitative estimate of drug-likeness (QED) is 0.0445. The van der Waals surface area contributed by atoms with E-state index in [0.717, 1.165) is 89.6 Å². The molecule has 0 saturated carbocycles. The molecular formula is C52H50N4O8. The summed E-state index contributed by atoms with van der Waals surface area (Å²) in [5, 5.41) is 17.5. The van der Waals surface area contributed by atoms with Crippen molar-refractivity contribution >= 4 is 39.8 Å². The van der Waals surface area contributed by atoms with Crippen LogP contribution >= 0.6 is 0 Å². The van der Waals surface area contributed by atoms with Crippen LogP contribution in [0.1, 0.15) is 65.6 Å². The van der Waals surface area contributed by atoms with Gasteiger partial charge in [-0.1, -0.05) is 112 Å². The molecule has 0 unspecified atom stereocenters. The van der Waals surface area contributed by atoms with Crippen LogP contribution in [0.5, 0.6) is 0 Å². The Labute approximate surface area is 370 Å². The number of carboxylic acid groups (broad SMARTS) is 1. The number of aryl methyl sites for hydroxylation is 2. The van der Waals surface area contributed by atoms with Gasteiger partial charge in [0.1, 0.15) is 26.5 Å². The van der Waals surface area contributed by atoms with Crippen LogP contribution in [0, 0.1) is 6.92 Å². The van der Waals surface area contributed by atoms with Crippen LogP contribution in [0.2, 0.25) is 0 Å². The highest BCUT2D eigenvalue weighted by Gasteiger charge is 2.30. The number of aromatic nitrogens is 2. The van der Waals surface area contributed by atoms with Crippen LogP contribution in [0.3, 0.4) is 0 Å². The van der Waals surface area contributed by atoms with Crippen molar-refractivity contribution in [2.75, 3.05) is 26.5 Å². The molecule has 5 aromatic carbocycles. The number of pyridine rings is 2. The molecular weight excluding hydrogens is 809 g/mol. The van der Waals surface area contributed by atoms with E-state index in [1.165, 1.54) is 0 Å². The maximum absolute atomic E-state index is 13.6. The van der Waals surface area contributed by atoms with Crippen molar-refractivity contribution in [3.05, 3.63) is 158 Å². The van der Waals surface area contributed by atoms with Gasteiger partial charge in [0.05, 0.1) is 35.6 Å². The second-order valence-corrected chi connectivity index (χ2v) is 15.6. The molecule has 2 aromatic heterocycles. The van der Waals surface area contributed by atoms with Gasteiger partial charge in [-0.05, 0) is 98.8 Å². The topological polar surface area (TPSA) is 158 Å². The number of hydrogen-bond donors (Lipinski definition) is 3. The average molecular weight is 859 g/mol. The lowest BCUT2D eigenvalue weighted by Gasteiger charge is -2.14. The first-order valence-electron chi connectivity index (χ1n) is 21.7. The molecule has 0 spiro atoms. The van der Waals surface area contributed by atoms with E-state index in [9.17, 15) is 19.2 Å². The Morgan fingerprint density at radius 2 is 1.52 bits per heavy atom. The second-order valence-electron chi connectivity index (χ2n) is 15.6. The number of hydrogen-bond acceptors (Lipinski definition) is 8. The van der Waals surface area contributed by atoms with Crippen LogP contribution in [-0.4, -0.2) is 59.3 Å². The number of nitrogens with zero attached hydrogens (tertiary/aromatic N) is 2. The van der Waals surface area contributed by atoms with Gasteiger partial charge in [0.2, 0.25) is 5.91 Å². The third-order valence-corrected chi connectivity index (χ3v) is 12.0. The first kappa shape index (κ1) is 43.3. The van der Waals surface area contributed by atoms with Gasteiger partial charge in [0, 0.05) is 16.9 Å². The minimum atomic E-state index is -1.42. The summed E-state index contributed by atoms with van der Waals surface area (Å²) in [6.45, 7) is 8.30. The predicted octanol–water partition coefficient (Wildman–Crippen LogP) is 9.51. The van der Waals surface area contributed by atoms with Crippen LogP contribution in [0.15, 0.2) is 114 Å². The molecule has 0 radical (unpaired) electrons. The summed E-state index contributed by atoms with van der Waals surface area (Å²) in [4.78, 5) is 54.6. The fourth-order valence-corrected chi connectivity index (χ4v) is 8.91. The Kier molecular flexibility index (Phi) is 12.9. The van der Waals surface area contributed by atoms with E-state index in [2.05, 4.69) is 90.4 Å². The number of carbonyl (C=O) groups excluding carboxylic acids is 2. The van der Waals surface area contributed by atoms with Crippen molar-refractivity contribution in [1.82, 2.24) is 20.2 Å². The standard InChI is InChI=1S/C50H44N4O8.C2H6/c1-3-34-40-25-54-44(22-29(2)41(48(54)56)26-62-50(58)59)47(40)53-43-19-18-32-16-17-33(23-39(32)46(34)43)31-14-12-30(13-15-31)20-21-60-28-52-45(55)24-51-49(57)61-27-42-37-10-6-4-8-35(37)36-9-5-7-11-38(36)42;1-2/h4-19,22-23,42H,3,20-21,24-28H2,1-2H3,(H,51,57)(H,52,55)(H,58,59);1-2H3. The number of ether oxygens (including phenoxy) is 3. The van der Waals surface area contributed by atoms with Crippen LogP contribution in [0.25, 0.3) is 55.3 Å². The summed E-state index contributed by atoms with van der Waals surface area (Å²) in [5.74, 6) is -0.444. The van der Waals surface area contributed by atoms with Gasteiger partial charge >= 0.3 is 12.2 Å². The fourth-order valence-electron chi connectivity index (χ4n) is 8.91. The van der Waals surface area contributed by atoms with Crippen molar-refractivity contribution < 1.29 is 33.7 Å². The zero-order chi connectivity index (χ0) is 44.9. The molecule has 12 nitrogen and oxygen atoms in total. The number of rotatable bonds is 13. The zero-order valence-corrected chi connectivity index (χ0v) is 36.3. The molecule has 9 rings (SSSR count). The summed E-state index contributed by atoms with van der Waals surface area (Å²) in [6, 6.07) is 37.0. The highest BCUT2D eigenvalue weighted by atomic mass is 16.7. The fraction of sp³-hybridized carbons (Fsp3) is 0.250. The molecule has 12 heteroatoms. The van der Waals surface area contributed by atoms with E-state index in [-0.39, 0.29) is 43.9 Å². The van der Waals surface area contributed by atoms with Crippen LogP contribution in [-0.2, 0) is 45.0 Å². The molecule has 3 heterocycles. The highest BCUT2D eigenvalue weighted by molar-refractivity contribution is 6.10. The summed E-state index contributed by atoms with van der Waals surface area (Å²) in [6.07, 6.45) is -0.697. The molecule has 326 valence electrons. The predicted molar refractivity (Wildman–Crippen MR) is 247 cm³/mol. The highest BCUT2D eigenvalue weighted by Crippen LogP contribution is 2.45. The smallest absolute Gasteiger partial charge is 0.450 e. The van der Waals surface area contributed by atoms with Gasteiger partial charge in [0.15, 0.2) is 0 Å². The Morgan fingerprint density at radius 1 is 0.828 bits per heavy atom. The summed E-state index contributed by atoms with van der Waals surface area (Å²) in [5.41, 5.74) is 12.9. The van der Waals surface area contributed by atoms with Crippen LogP contribution < -0.4 is 16.2 Å². The third kappa shape index (κ3) is 8.56. The summed E-state index contributed by atoms with van der Waals surface area (Å²) < 4.78 is 17.6. The molecule has 0 saturated heterocycles. The molecule has 7 aromatic rings. The number of carbonyl (C=O) groups is 3. The van der Waals surface area contributed by atoms with Gasteiger partial charge < -0.3 is 34.5 Å². The van der Waals surface area contributed by atoms with Crippen molar-refractivity contribution in [2.45, 2.75) is 59.6 Å². The average Bonchev–Trinajstić information content (AvgIpc) is 3.85. The number of nitrogens with one attached hydrogen (secondary N) is 2. The van der Waals surface area contributed by atoms with Gasteiger partial charge in [-0.15, -0.1) is 0 Å². The first-order valence-corrected chi connectivity index (χ1v) is 21.7. The lowest BCUT2D eigenvalue weighted by atomic mass is 9.92. The Hall–Kier alpha value is -7.31. The SMILES string of the molecule is CC.CCc1c2c(nc3ccc4ccc(-c5ccc(CCOCNC(=O)CNC(=O)OCC6c7ccccc7-c7ccccc76)cc5)cc4c13)-c1cc(C)c(COC(=O)O)c(=O)n1C2. The Balaban J connectivity index is 0.00000276. The monoisotopic (exact) mass is 858 g/mol. The molecule has 0 bridgehead atoms. The number of amides is 2. The maximum atomic E-state index is 13.6. The molecule has 2 aliphatic rings. The van der Waals surface area contributed by atoms with E-state index < -0.39 is 12.2 Å². The van der Waals surface area contributed by atoms with Gasteiger partial charge in [0.25, 0.3) is 5.56 Å². The van der Waals surface area contributed by atoms with E-state index in [0.29, 0.717) is 30.7 Å². The molecule has 1 aliphatic heterocycles. The number of fused-ring (bicyclic) bond motifs is 9.